The van der Waals surface area contributed by atoms with Crippen molar-refractivity contribution >= 4 is 52.5 Å². The van der Waals surface area contributed by atoms with Gasteiger partial charge in [-0.2, -0.15) is 0 Å². The van der Waals surface area contributed by atoms with Gasteiger partial charge in [0.05, 0.1) is 6.04 Å². The molecule has 0 bridgehead atoms. The van der Waals surface area contributed by atoms with Crippen LogP contribution in [0.2, 0.25) is 5.02 Å². The molecule has 1 aliphatic heterocycles. The molecular formula is C23H33Cl2N3OS. The van der Waals surface area contributed by atoms with E-state index in [1.165, 1.54) is 69.4 Å². The van der Waals surface area contributed by atoms with Gasteiger partial charge in [0.2, 0.25) is 5.91 Å². The van der Waals surface area contributed by atoms with Crippen LogP contribution in [0.3, 0.4) is 0 Å². The number of carbonyl (C=O) groups is 1. The van der Waals surface area contributed by atoms with Gasteiger partial charge in [0.25, 0.3) is 0 Å². The number of rotatable bonds is 4. The number of hydrogen-bond donors (Lipinski definition) is 0. The third kappa shape index (κ3) is 5.46. The van der Waals surface area contributed by atoms with Gasteiger partial charge in [-0.05, 0) is 49.9 Å². The lowest BCUT2D eigenvalue weighted by Gasteiger charge is -2.41. The van der Waals surface area contributed by atoms with E-state index in [1.54, 1.807) is 6.92 Å². The summed E-state index contributed by atoms with van der Waals surface area (Å²) in [7, 11) is 0. The van der Waals surface area contributed by atoms with Crippen molar-refractivity contribution in [3.63, 3.8) is 0 Å². The summed E-state index contributed by atoms with van der Waals surface area (Å²) in [6, 6.07) is 8.61. The van der Waals surface area contributed by atoms with Crippen LogP contribution in [0.5, 0.6) is 0 Å². The van der Waals surface area contributed by atoms with Crippen LogP contribution >= 0.6 is 35.8 Å². The lowest BCUT2D eigenvalue weighted by Crippen LogP contribution is -2.54. The van der Waals surface area contributed by atoms with Gasteiger partial charge in [0.15, 0.2) is 5.17 Å². The Bertz CT molecular complexity index is 730. The number of amidine groups is 1. The number of anilines is 1. The molecule has 3 fully saturated rings. The van der Waals surface area contributed by atoms with E-state index < -0.39 is 0 Å². The van der Waals surface area contributed by atoms with E-state index in [2.05, 4.69) is 4.90 Å². The summed E-state index contributed by atoms with van der Waals surface area (Å²) in [6.07, 6.45) is 12.7. The lowest BCUT2D eigenvalue weighted by molar-refractivity contribution is -0.117. The first-order valence-electron chi connectivity index (χ1n) is 11.2. The average Bonchev–Trinajstić information content (AvgIpc) is 3.13. The molecule has 0 radical (unpaired) electrons. The van der Waals surface area contributed by atoms with Crippen molar-refractivity contribution in [3.8, 4) is 0 Å². The molecule has 4 nitrogen and oxygen atoms in total. The van der Waals surface area contributed by atoms with Crippen molar-refractivity contribution in [1.82, 2.24) is 4.90 Å². The molecule has 1 unspecified atom stereocenters. The summed E-state index contributed by atoms with van der Waals surface area (Å²) in [6.45, 7) is 1.68. The van der Waals surface area contributed by atoms with E-state index in [1.807, 2.05) is 40.9 Å². The maximum Gasteiger partial charge on any atom is 0.225 e. The quantitative estimate of drug-likeness (QED) is 0.503. The Hall–Kier alpha value is -0.910. The monoisotopic (exact) mass is 469 g/mol. The second-order valence-corrected chi connectivity index (χ2v) is 9.98. The van der Waals surface area contributed by atoms with Crippen molar-refractivity contribution in [1.29, 1.82) is 0 Å². The van der Waals surface area contributed by atoms with Gasteiger partial charge in [-0.3, -0.25) is 14.7 Å². The molecular weight excluding hydrogens is 437 g/mol. The SMILES string of the molecule is CC(=O)N(c1ccc(Cl)cc1)C1CSC(=NC2CCCCC2)N1C1CCCCC1.Cl. The molecule has 166 valence electrons. The minimum Gasteiger partial charge on any atom is -0.327 e. The summed E-state index contributed by atoms with van der Waals surface area (Å²) in [5.74, 6) is 0.960. The Morgan fingerprint density at radius 1 is 1.03 bits per heavy atom. The van der Waals surface area contributed by atoms with Crippen molar-refractivity contribution in [3.05, 3.63) is 29.3 Å². The van der Waals surface area contributed by atoms with Gasteiger partial charge in [-0.25, -0.2) is 0 Å². The second kappa shape index (κ2) is 11.1. The largest absolute Gasteiger partial charge is 0.327 e. The molecule has 0 spiro atoms. The minimum atomic E-state index is 0. The number of nitrogens with zero attached hydrogens (tertiary/aromatic N) is 3. The summed E-state index contributed by atoms with van der Waals surface area (Å²) < 4.78 is 0. The van der Waals surface area contributed by atoms with Crippen LogP contribution in [0.1, 0.15) is 71.1 Å². The fourth-order valence-electron chi connectivity index (χ4n) is 5.02. The Morgan fingerprint density at radius 2 is 1.63 bits per heavy atom. The molecule has 0 aromatic heterocycles. The van der Waals surface area contributed by atoms with Crippen molar-refractivity contribution in [2.24, 2.45) is 4.99 Å². The molecule has 0 N–H and O–H groups in total. The summed E-state index contributed by atoms with van der Waals surface area (Å²) >= 11 is 7.95. The highest BCUT2D eigenvalue weighted by atomic mass is 35.5. The third-order valence-electron chi connectivity index (χ3n) is 6.48. The standard InChI is InChI=1S/C23H32ClN3OS.ClH/c1-17(28)26(21-14-12-18(24)13-15-21)22-16-29-23(25-19-8-4-2-5-9-19)27(22)20-10-6-3-7-11-20;/h12-15,19-20,22H,2-11,16H2,1H3;1H. The van der Waals surface area contributed by atoms with Crippen molar-refractivity contribution in [2.75, 3.05) is 10.7 Å². The van der Waals surface area contributed by atoms with Crippen LogP contribution in [0.25, 0.3) is 0 Å². The van der Waals surface area contributed by atoms with Gasteiger partial charge in [0.1, 0.15) is 6.17 Å². The smallest absolute Gasteiger partial charge is 0.225 e. The van der Waals surface area contributed by atoms with Crippen LogP contribution in [-0.4, -0.2) is 40.0 Å². The van der Waals surface area contributed by atoms with Crippen LogP contribution in [-0.2, 0) is 4.79 Å². The summed E-state index contributed by atoms with van der Waals surface area (Å²) in [5, 5.41) is 1.87. The van der Waals surface area contributed by atoms with Gasteiger partial charge in [0, 0.05) is 29.4 Å². The number of carbonyl (C=O) groups excluding carboxylic acids is 1. The van der Waals surface area contributed by atoms with Gasteiger partial charge >= 0.3 is 0 Å². The predicted molar refractivity (Wildman–Crippen MR) is 131 cm³/mol. The molecule has 1 aromatic carbocycles. The zero-order chi connectivity index (χ0) is 20.2. The van der Waals surface area contributed by atoms with E-state index in [9.17, 15) is 4.79 Å². The fraction of sp³-hybridized carbons (Fsp3) is 0.652. The minimum absolute atomic E-state index is 0. The van der Waals surface area contributed by atoms with Crippen LogP contribution in [0.4, 0.5) is 5.69 Å². The number of aliphatic imine (C=N–C) groups is 1. The van der Waals surface area contributed by atoms with Crippen molar-refractivity contribution < 1.29 is 4.79 Å². The highest BCUT2D eigenvalue weighted by molar-refractivity contribution is 8.14. The Labute approximate surface area is 196 Å². The highest BCUT2D eigenvalue weighted by Crippen LogP contribution is 2.37. The Morgan fingerprint density at radius 3 is 2.23 bits per heavy atom. The molecule has 1 aromatic rings. The molecule has 2 saturated carbocycles. The number of amides is 1. The second-order valence-electron chi connectivity index (χ2n) is 8.56. The van der Waals surface area contributed by atoms with Crippen LogP contribution in [0, 0.1) is 0 Å². The molecule has 7 heteroatoms. The van der Waals surface area contributed by atoms with Crippen LogP contribution in [0.15, 0.2) is 29.3 Å². The Balaban J connectivity index is 0.00000256. The highest BCUT2D eigenvalue weighted by Gasteiger charge is 2.41. The Kier molecular flexibility index (Phi) is 8.79. The first kappa shape index (κ1) is 23.7. The van der Waals surface area contributed by atoms with Gasteiger partial charge in [-0.15, -0.1) is 12.4 Å². The molecule has 30 heavy (non-hydrogen) atoms. The fourth-order valence-corrected chi connectivity index (χ4v) is 6.40. The van der Waals surface area contributed by atoms with Crippen LogP contribution < -0.4 is 4.90 Å². The number of benzene rings is 1. The molecule has 4 rings (SSSR count). The maximum atomic E-state index is 12.8. The molecule has 1 saturated heterocycles. The van der Waals surface area contributed by atoms with Crippen molar-refractivity contribution in [2.45, 2.75) is 89.4 Å². The van der Waals surface area contributed by atoms with E-state index in [4.69, 9.17) is 16.6 Å². The van der Waals surface area contributed by atoms with Gasteiger partial charge < -0.3 is 4.90 Å². The first-order chi connectivity index (χ1) is 14.1. The third-order valence-corrected chi connectivity index (χ3v) is 7.77. The van der Waals surface area contributed by atoms with E-state index in [0.29, 0.717) is 17.1 Å². The molecule has 1 amide bonds. The molecule has 1 atom stereocenters. The molecule has 1 heterocycles. The normalized spacial score (nSPS) is 24.7. The van der Waals surface area contributed by atoms with E-state index in [0.717, 1.165) is 11.4 Å². The first-order valence-corrected chi connectivity index (χ1v) is 12.5. The summed E-state index contributed by atoms with van der Waals surface area (Å²) in [5.41, 5.74) is 0.923. The lowest BCUT2D eigenvalue weighted by atomic mass is 9.94. The van der Waals surface area contributed by atoms with Gasteiger partial charge in [-0.1, -0.05) is 61.9 Å². The summed E-state index contributed by atoms with van der Waals surface area (Å²) in [4.78, 5) is 22.5. The van der Waals surface area contributed by atoms with E-state index >= 15 is 0 Å². The number of thioether (sulfide) groups is 1. The maximum absolute atomic E-state index is 12.8. The number of hydrogen-bond acceptors (Lipinski definition) is 3. The zero-order valence-electron chi connectivity index (χ0n) is 17.8. The molecule has 3 aliphatic rings. The topological polar surface area (TPSA) is 35.9 Å². The average molecular weight is 471 g/mol. The predicted octanol–water partition coefficient (Wildman–Crippen LogP) is 6.51. The molecule has 2 aliphatic carbocycles. The zero-order valence-corrected chi connectivity index (χ0v) is 20.2. The number of halogens is 2. The van der Waals surface area contributed by atoms with E-state index in [-0.39, 0.29) is 24.5 Å².